The molecule has 0 aliphatic rings. The van der Waals surface area contributed by atoms with E-state index in [1.165, 1.54) is 0 Å². The van der Waals surface area contributed by atoms with E-state index >= 15 is 0 Å². The molecule has 0 aromatic heterocycles. The van der Waals surface area contributed by atoms with Crippen LogP contribution in [-0.4, -0.2) is 30.8 Å². The Kier molecular flexibility index (Phi) is 10.2. The summed E-state index contributed by atoms with van der Waals surface area (Å²) >= 11 is 0. The minimum absolute atomic E-state index is 0.0198. The highest BCUT2D eigenvalue weighted by molar-refractivity contribution is 5.13. The van der Waals surface area contributed by atoms with Crippen molar-refractivity contribution in [1.82, 2.24) is 4.90 Å². The Morgan fingerprint density at radius 2 is 2.00 bits per heavy atom. The van der Waals surface area contributed by atoms with Gasteiger partial charge in [-0.15, -0.1) is 0 Å². The van der Waals surface area contributed by atoms with E-state index in [4.69, 9.17) is 4.74 Å². The molecule has 0 aliphatic carbocycles. The van der Waals surface area contributed by atoms with Gasteiger partial charge in [0.15, 0.2) is 5.83 Å². The van der Waals surface area contributed by atoms with Crippen LogP contribution in [0.15, 0.2) is 36.0 Å². The van der Waals surface area contributed by atoms with Crippen molar-refractivity contribution in [1.29, 1.82) is 0 Å². The average molecular weight is 287 g/mol. The number of halogens is 2. The predicted octanol–water partition coefficient (Wildman–Crippen LogP) is 4.75. The highest BCUT2D eigenvalue weighted by atomic mass is 19.2. The number of nitrogens with zero attached hydrogens (tertiary/aromatic N) is 1. The minimum Gasteiger partial charge on any atom is -0.359 e. The van der Waals surface area contributed by atoms with Gasteiger partial charge in [-0.1, -0.05) is 19.1 Å². The summed E-state index contributed by atoms with van der Waals surface area (Å²) < 4.78 is 30.2. The summed E-state index contributed by atoms with van der Waals surface area (Å²) in [6.07, 6.45) is 6.25. The Morgan fingerprint density at radius 3 is 2.50 bits per heavy atom. The molecule has 0 heterocycles. The second-order valence-corrected chi connectivity index (χ2v) is 4.88. The van der Waals surface area contributed by atoms with Crippen molar-refractivity contribution in [2.75, 3.05) is 13.7 Å². The Balaban J connectivity index is 4.23. The van der Waals surface area contributed by atoms with Crippen LogP contribution >= 0.6 is 0 Å². The Morgan fingerprint density at radius 1 is 1.35 bits per heavy atom. The molecular formula is C16H27F2NO. The summed E-state index contributed by atoms with van der Waals surface area (Å²) in [7, 11) is 2.04. The van der Waals surface area contributed by atoms with Gasteiger partial charge in [0.05, 0.1) is 6.61 Å². The minimum atomic E-state index is -0.869. The van der Waals surface area contributed by atoms with Gasteiger partial charge in [0.2, 0.25) is 0 Å². The molecule has 0 saturated heterocycles. The second kappa shape index (κ2) is 10.7. The van der Waals surface area contributed by atoms with Crippen LogP contribution in [0.3, 0.4) is 0 Å². The van der Waals surface area contributed by atoms with Gasteiger partial charge in [0, 0.05) is 6.04 Å². The van der Waals surface area contributed by atoms with Crippen molar-refractivity contribution in [2.24, 2.45) is 0 Å². The molecule has 20 heavy (non-hydrogen) atoms. The first-order chi connectivity index (χ1) is 9.46. The van der Waals surface area contributed by atoms with Crippen molar-refractivity contribution < 1.29 is 13.5 Å². The molecule has 0 rings (SSSR count). The molecule has 4 heteroatoms. The summed E-state index contributed by atoms with van der Waals surface area (Å²) in [6, 6.07) is 0.461. The summed E-state index contributed by atoms with van der Waals surface area (Å²) in [4.78, 5) is 2.18. The second-order valence-electron chi connectivity index (χ2n) is 4.88. The number of ether oxygens (including phenoxy) is 1. The number of rotatable bonds is 9. The maximum Gasteiger partial charge on any atom is 0.151 e. The van der Waals surface area contributed by atoms with E-state index in [9.17, 15) is 8.78 Å². The summed E-state index contributed by atoms with van der Waals surface area (Å²) in [5.74, 6) is -0.869. The van der Waals surface area contributed by atoms with Crippen molar-refractivity contribution in [2.45, 2.75) is 52.8 Å². The number of hydrogen-bond acceptors (Lipinski definition) is 2. The maximum atomic E-state index is 12.6. The fourth-order valence-corrected chi connectivity index (χ4v) is 1.61. The lowest BCUT2D eigenvalue weighted by Crippen LogP contribution is -2.38. The zero-order chi connectivity index (χ0) is 15.5. The topological polar surface area (TPSA) is 12.5 Å². The Bertz CT molecular complexity index is 350. The molecule has 0 aromatic carbocycles. The molecule has 0 radical (unpaired) electrons. The number of allylic oxidation sites excluding steroid dienone is 4. The fourth-order valence-electron chi connectivity index (χ4n) is 1.61. The largest absolute Gasteiger partial charge is 0.359 e. The summed E-state index contributed by atoms with van der Waals surface area (Å²) in [5, 5.41) is 0. The third kappa shape index (κ3) is 7.56. The lowest BCUT2D eigenvalue weighted by molar-refractivity contribution is -0.0425. The molecule has 0 amide bonds. The molecule has 2 atom stereocenters. The van der Waals surface area contributed by atoms with Crippen molar-refractivity contribution >= 4 is 0 Å². The van der Waals surface area contributed by atoms with Crippen molar-refractivity contribution in [3.8, 4) is 0 Å². The summed E-state index contributed by atoms with van der Waals surface area (Å²) in [6.45, 7) is 8.72. The van der Waals surface area contributed by atoms with Gasteiger partial charge >= 0.3 is 0 Å². The van der Waals surface area contributed by atoms with Crippen LogP contribution in [0, 0.1) is 0 Å². The van der Waals surface area contributed by atoms with Crippen LogP contribution in [0.25, 0.3) is 0 Å². The van der Waals surface area contributed by atoms with Gasteiger partial charge in [-0.2, -0.15) is 0 Å². The molecule has 116 valence electrons. The molecule has 0 bridgehead atoms. The van der Waals surface area contributed by atoms with Crippen LogP contribution in [0.4, 0.5) is 8.78 Å². The van der Waals surface area contributed by atoms with E-state index in [-0.39, 0.29) is 12.6 Å². The van der Waals surface area contributed by atoms with Crippen LogP contribution in [0.5, 0.6) is 0 Å². The first-order valence-electron chi connectivity index (χ1n) is 7.06. The standard InChI is InChI=1S/C16H27F2NO/c1-6-13(3)19(5)14(4)20-12-15(7-2)9-8-10-16(18)11-17/h7-8,10-11,13-14H,6,9,12H2,1-5H3. The van der Waals surface area contributed by atoms with E-state index in [1.807, 2.05) is 27.0 Å². The smallest absolute Gasteiger partial charge is 0.151 e. The number of hydrogen-bond donors (Lipinski definition) is 0. The molecule has 0 aliphatic heterocycles. The third-order valence-corrected chi connectivity index (χ3v) is 3.54. The Labute approximate surface area is 121 Å². The lowest BCUT2D eigenvalue weighted by atomic mass is 10.2. The van der Waals surface area contributed by atoms with Crippen LogP contribution in [0.2, 0.25) is 0 Å². The zero-order valence-corrected chi connectivity index (χ0v) is 13.2. The monoisotopic (exact) mass is 287 g/mol. The van der Waals surface area contributed by atoms with Crippen LogP contribution in [-0.2, 0) is 4.74 Å². The van der Waals surface area contributed by atoms with E-state index < -0.39 is 5.83 Å². The molecule has 0 aromatic rings. The first kappa shape index (κ1) is 19.0. The van der Waals surface area contributed by atoms with Crippen molar-refractivity contribution in [3.63, 3.8) is 0 Å². The molecule has 0 N–H and O–H groups in total. The highest BCUT2D eigenvalue weighted by Gasteiger charge is 2.14. The van der Waals surface area contributed by atoms with Gasteiger partial charge in [-0.25, -0.2) is 8.78 Å². The van der Waals surface area contributed by atoms with Gasteiger partial charge in [0.1, 0.15) is 12.6 Å². The quantitative estimate of drug-likeness (QED) is 0.344. The van der Waals surface area contributed by atoms with Gasteiger partial charge in [-0.3, -0.25) is 4.90 Å². The predicted molar refractivity (Wildman–Crippen MR) is 80.7 cm³/mol. The SMILES string of the molecule is CC=C(CC=CC(F)=CF)COC(C)N(C)C(C)CC. The van der Waals surface area contributed by atoms with E-state index in [1.54, 1.807) is 6.08 Å². The van der Waals surface area contributed by atoms with E-state index in [0.717, 1.165) is 18.1 Å². The van der Waals surface area contributed by atoms with Crippen LogP contribution in [0.1, 0.15) is 40.5 Å². The van der Waals surface area contributed by atoms with Crippen molar-refractivity contribution in [3.05, 3.63) is 36.0 Å². The van der Waals surface area contributed by atoms with E-state index in [2.05, 4.69) is 18.7 Å². The average Bonchev–Trinajstić information content (AvgIpc) is 2.48. The molecule has 0 fully saturated rings. The summed E-state index contributed by atoms with van der Waals surface area (Å²) in [5.41, 5.74) is 1.04. The molecular weight excluding hydrogens is 260 g/mol. The highest BCUT2D eigenvalue weighted by Crippen LogP contribution is 2.11. The molecule has 2 unspecified atom stereocenters. The fraction of sp³-hybridized carbons (Fsp3) is 0.625. The molecule has 0 spiro atoms. The molecule has 0 saturated carbocycles. The molecule has 2 nitrogen and oxygen atoms in total. The zero-order valence-electron chi connectivity index (χ0n) is 13.2. The first-order valence-corrected chi connectivity index (χ1v) is 7.06. The third-order valence-electron chi connectivity index (χ3n) is 3.54. The maximum absolute atomic E-state index is 12.6. The lowest BCUT2D eigenvalue weighted by Gasteiger charge is -2.30. The normalized spacial score (nSPS) is 17.0. The van der Waals surface area contributed by atoms with Gasteiger partial charge in [-0.05, 0) is 52.3 Å². The Hall–Kier alpha value is -1.00. The van der Waals surface area contributed by atoms with Crippen LogP contribution < -0.4 is 0 Å². The van der Waals surface area contributed by atoms with Gasteiger partial charge < -0.3 is 4.74 Å². The van der Waals surface area contributed by atoms with E-state index in [0.29, 0.717) is 19.1 Å². The van der Waals surface area contributed by atoms with Gasteiger partial charge in [0.25, 0.3) is 0 Å².